The van der Waals surface area contributed by atoms with Gasteiger partial charge in [0.2, 0.25) is 0 Å². The summed E-state index contributed by atoms with van der Waals surface area (Å²) >= 11 is 0. The third kappa shape index (κ3) is 9.16. The van der Waals surface area contributed by atoms with E-state index in [1.54, 1.807) is 0 Å². The molecule has 0 amide bonds. The molecule has 0 bridgehead atoms. The van der Waals surface area contributed by atoms with Crippen molar-refractivity contribution in [3.8, 4) is 0 Å². The molecule has 0 aliphatic carbocycles. The summed E-state index contributed by atoms with van der Waals surface area (Å²) in [5.41, 5.74) is 0. The Kier molecular flexibility index (Phi) is 101. The summed E-state index contributed by atoms with van der Waals surface area (Å²) in [4.78, 5) is 0. The molecule has 0 aromatic heterocycles. The van der Waals surface area contributed by atoms with Crippen LogP contribution >= 0.6 is 0 Å². The van der Waals surface area contributed by atoms with Crippen molar-refractivity contribution in [3.05, 3.63) is 0 Å². The number of hydrogen-bond donors (Lipinski definition) is 0. The minimum Gasteiger partial charge on any atom is -1.00 e. The van der Waals surface area contributed by atoms with Gasteiger partial charge in [0.05, 0.1) is 0 Å². The van der Waals surface area contributed by atoms with Gasteiger partial charge in [0.15, 0.2) is 0 Å². The quantitative estimate of drug-likeness (QED) is 0.317. The second kappa shape index (κ2) is 15.9. The molecule has 0 saturated heterocycles. The Morgan fingerprint density at radius 1 is 1.25 bits per heavy atom. The molecule has 2 N–H and O–H groups in total. The molecule has 0 aliphatic heterocycles. The zero-order valence-electron chi connectivity index (χ0n) is 3.51. The molecule has 1 nitrogen and oxygen atoms in total. The summed E-state index contributed by atoms with van der Waals surface area (Å²) in [5.74, 6) is 0. The molecule has 4 heteroatoms. The normalized spacial score (nSPS) is 0. The third-order valence-corrected chi connectivity index (χ3v) is 0. The number of rotatable bonds is 0. The van der Waals surface area contributed by atoms with Crippen LogP contribution in [-0.4, -0.2) is 31.7 Å². The zero-order chi connectivity index (χ0) is 0. The molecule has 0 saturated carbocycles. The molecule has 29 valence electrons. The van der Waals surface area contributed by atoms with Crippen molar-refractivity contribution in [2.24, 2.45) is 0 Å². The van der Waals surface area contributed by atoms with Crippen molar-refractivity contribution in [1.82, 2.24) is 0 Å². The van der Waals surface area contributed by atoms with E-state index in [1.807, 2.05) is 0 Å². The van der Waals surface area contributed by atoms with Crippen LogP contribution in [-0.2, 0) is 22.4 Å². The first-order valence-corrected chi connectivity index (χ1v) is 0. The smallest absolute Gasteiger partial charge is 1.00 e. The van der Waals surface area contributed by atoms with Gasteiger partial charge in [-0.05, 0) is 0 Å². The molecule has 0 unspecified atom stereocenters. The van der Waals surface area contributed by atoms with Crippen molar-refractivity contribution < 1.29 is 98.2 Å². The summed E-state index contributed by atoms with van der Waals surface area (Å²) < 4.78 is 0. The van der Waals surface area contributed by atoms with Gasteiger partial charge in [-0.1, -0.05) is 0 Å². The first kappa shape index (κ1) is 25.4. The minimum absolute atomic E-state index is 0. The zero-order valence-corrected chi connectivity index (χ0v) is 15.8. The van der Waals surface area contributed by atoms with Crippen LogP contribution in [0.5, 0.6) is 0 Å². The Morgan fingerprint density at radius 3 is 1.25 bits per heavy atom. The Morgan fingerprint density at radius 2 is 1.25 bits per heavy atom. The van der Waals surface area contributed by atoms with Crippen molar-refractivity contribution in [2.75, 3.05) is 0 Å². The Labute approximate surface area is 121 Å². The molecule has 4 heavy (non-hydrogen) atoms. The van der Waals surface area contributed by atoms with Crippen LogP contribution in [0, 0.1) is 0 Å². The van der Waals surface area contributed by atoms with E-state index in [0.717, 1.165) is 0 Å². The summed E-state index contributed by atoms with van der Waals surface area (Å²) in [6.07, 6.45) is 0. The molecule has 0 aromatic rings. The molecule has 0 aliphatic rings. The summed E-state index contributed by atoms with van der Waals surface area (Å²) in [6, 6.07) is 0. The first-order valence-electron chi connectivity index (χ1n) is 0. The van der Waals surface area contributed by atoms with Crippen LogP contribution in [0.25, 0.3) is 0 Å². The van der Waals surface area contributed by atoms with Gasteiger partial charge in [-0.3, -0.25) is 0 Å². The third-order valence-electron chi connectivity index (χ3n) is 0. The molecule has 1 radical (unpaired) electrons. The fourth-order valence-corrected chi connectivity index (χ4v) is 0. The van der Waals surface area contributed by atoms with Gasteiger partial charge in [0.1, 0.15) is 0 Å². The van der Waals surface area contributed by atoms with Gasteiger partial charge in [0, 0.05) is 22.4 Å². The van der Waals surface area contributed by atoms with Crippen LogP contribution in [0.15, 0.2) is 0 Å². The fourth-order valence-electron chi connectivity index (χ4n) is 0. The van der Waals surface area contributed by atoms with E-state index in [1.165, 1.54) is 0 Å². The van der Waals surface area contributed by atoms with Gasteiger partial charge >= 0.3 is 95.1 Å². The second-order valence-corrected chi connectivity index (χ2v) is 0. The largest absolute Gasteiger partial charge is 1.00 e. The van der Waals surface area contributed by atoms with Crippen LogP contribution in [0.2, 0.25) is 0 Å². The van der Waals surface area contributed by atoms with E-state index >= 15 is 0 Å². The maximum Gasteiger partial charge on any atom is 1.00 e. The maximum atomic E-state index is 0. The Hall–Kier alpha value is 3.64. The molecule has 0 heterocycles. The predicted octanol–water partition coefficient (Wildman–Crippen LogP) is -4.89. The average molecular weight is 472 g/mol. The standard InChI is InChI=1S/Ag.Bi.Cs.H2O.4H/h;;;1H2;;;;/q;;+1;;;;;-1. The van der Waals surface area contributed by atoms with Crippen LogP contribution < -0.4 is 68.9 Å². The molecule has 0 aromatic carbocycles. The van der Waals surface area contributed by atoms with Gasteiger partial charge in [-0.15, -0.1) is 0 Å². The molecular formula is H6AgBiCsO. The van der Waals surface area contributed by atoms with Crippen molar-refractivity contribution in [3.63, 3.8) is 0 Å². The topological polar surface area (TPSA) is 31.5 Å². The van der Waals surface area contributed by atoms with E-state index in [0.29, 0.717) is 0 Å². The molecule has 0 atom stereocenters. The first-order chi connectivity index (χ1) is 0. The van der Waals surface area contributed by atoms with E-state index < -0.39 is 0 Å². The summed E-state index contributed by atoms with van der Waals surface area (Å²) in [7, 11) is 0. The van der Waals surface area contributed by atoms with Gasteiger partial charge < -0.3 is 6.90 Å². The summed E-state index contributed by atoms with van der Waals surface area (Å²) in [6.45, 7) is 0. The van der Waals surface area contributed by atoms with Gasteiger partial charge in [0.25, 0.3) is 0 Å². The Balaban J connectivity index is 0. The summed E-state index contributed by atoms with van der Waals surface area (Å²) in [5, 5.41) is 0. The predicted molar refractivity (Wildman–Crippen MR) is 14.7 cm³/mol. The van der Waals surface area contributed by atoms with Gasteiger partial charge in [-0.2, -0.15) is 0 Å². The number of hydrogen-bond acceptors (Lipinski definition) is 0. The van der Waals surface area contributed by atoms with Crippen molar-refractivity contribution in [1.29, 1.82) is 0 Å². The fraction of sp³-hybridized carbons (Fsp3) is 0. The van der Waals surface area contributed by atoms with Crippen LogP contribution in [0.3, 0.4) is 0 Å². The van der Waals surface area contributed by atoms with Crippen molar-refractivity contribution >= 4 is 26.2 Å². The maximum absolute atomic E-state index is 0. The van der Waals surface area contributed by atoms with Crippen molar-refractivity contribution in [2.45, 2.75) is 0 Å². The SMILES string of the molecule is O.[Ag].[BiH3].[Cs+].[H-]. The molecular weight excluding hydrogens is 466 g/mol. The molecule has 0 spiro atoms. The van der Waals surface area contributed by atoms with E-state index in [9.17, 15) is 0 Å². The molecule has 0 rings (SSSR count). The van der Waals surface area contributed by atoms with Gasteiger partial charge in [-0.25, -0.2) is 0 Å². The second-order valence-electron chi connectivity index (χ2n) is 0. The Bertz CT molecular complexity index is 11.6. The van der Waals surface area contributed by atoms with E-state index in [4.69, 9.17) is 0 Å². The van der Waals surface area contributed by atoms with Crippen LogP contribution in [0.1, 0.15) is 1.43 Å². The average Bonchev–Trinajstić information content (AvgIpc) is 0. The minimum atomic E-state index is 0. The van der Waals surface area contributed by atoms with E-state index in [2.05, 4.69) is 0 Å². The van der Waals surface area contributed by atoms with Crippen LogP contribution in [0.4, 0.5) is 0 Å². The monoisotopic (exact) mass is 471 g/mol. The van der Waals surface area contributed by atoms with E-state index in [-0.39, 0.29) is 124 Å². The molecule has 0 fully saturated rings.